The van der Waals surface area contributed by atoms with Crippen LogP contribution in [0, 0.1) is 0 Å². The summed E-state index contributed by atoms with van der Waals surface area (Å²) < 4.78 is 34.1. The number of oxazole rings is 1. The summed E-state index contributed by atoms with van der Waals surface area (Å²) >= 11 is 11.5. The van der Waals surface area contributed by atoms with Gasteiger partial charge in [0.05, 0.1) is 11.6 Å². The number of carbonyl (C=O) groups excluding carboxylic acids is 1. The zero-order valence-electron chi connectivity index (χ0n) is 25.3. The Morgan fingerprint density at radius 2 is 1.72 bits per heavy atom. The summed E-state index contributed by atoms with van der Waals surface area (Å²) in [4.78, 5) is 30.3. The maximum Gasteiger partial charge on any atom is 0.392 e. The molecular formula is C30H28Cl2N6O11S. The number of aromatic nitrogens is 3. The van der Waals surface area contributed by atoms with E-state index in [4.69, 9.17) is 53.4 Å². The van der Waals surface area contributed by atoms with Gasteiger partial charge in [-0.15, -0.1) is 0 Å². The second-order valence-corrected chi connectivity index (χ2v) is 13.2. The quantitative estimate of drug-likeness (QED) is 0.125. The summed E-state index contributed by atoms with van der Waals surface area (Å²) in [5.74, 6) is -0.400. The van der Waals surface area contributed by atoms with E-state index < -0.39 is 58.5 Å². The highest BCUT2D eigenvalue weighted by atomic mass is 35.5. The number of hydrogen-bond acceptors (Lipinski definition) is 14. The zero-order valence-corrected chi connectivity index (χ0v) is 27.6. The van der Waals surface area contributed by atoms with Crippen LogP contribution < -0.4 is 21.9 Å². The largest absolute Gasteiger partial charge is 0.466 e. The van der Waals surface area contributed by atoms with Gasteiger partial charge in [-0.1, -0.05) is 47.5 Å². The molecule has 4 heterocycles. The third-order valence-electron chi connectivity index (χ3n) is 7.49. The fourth-order valence-electron chi connectivity index (χ4n) is 5.09. The molecule has 1 saturated heterocycles. The Bertz CT molecular complexity index is 2230. The Labute approximate surface area is 292 Å². The van der Waals surface area contributed by atoms with Gasteiger partial charge < -0.3 is 45.7 Å². The molecule has 2 aliphatic heterocycles. The predicted octanol–water partition coefficient (Wildman–Crippen LogP) is 0.548. The monoisotopic (exact) mass is 750 g/mol. The van der Waals surface area contributed by atoms with Crippen LogP contribution in [0.4, 0.5) is 5.82 Å². The van der Waals surface area contributed by atoms with Crippen LogP contribution in [0.2, 0.25) is 10.0 Å². The van der Waals surface area contributed by atoms with E-state index in [2.05, 4.69) is 15.3 Å². The van der Waals surface area contributed by atoms with Gasteiger partial charge in [0, 0.05) is 27.9 Å². The molecule has 0 bridgehead atoms. The lowest BCUT2D eigenvalue weighted by molar-refractivity contribution is -0.0549. The number of nitrogens with zero attached hydrogens (tertiary/aromatic N) is 3. The Morgan fingerprint density at radius 1 is 1.00 bits per heavy atom. The van der Waals surface area contributed by atoms with Crippen molar-refractivity contribution in [3.63, 3.8) is 0 Å². The first-order valence-corrected chi connectivity index (χ1v) is 16.5. The van der Waals surface area contributed by atoms with Crippen molar-refractivity contribution in [1.82, 2.24) is 19.9 Å². The minimum atomic E-state index is -4.06. The molecule has 50 heavy (non-hydrogen) atoms. The number of nitrogen functional groups attached to an aromatic ring is 1. The number of fused-ring (bicyclic) bond motifs is 2. The molecule has 2 aliphatic rings. The Morgan fingerprint density at radius 3 is 2.38 bits per heavy atom. The van der Waals surface area contributed by atoms with Gasteiger partial charge in [-0.05, 0) is 42.5 Å². The van der Waals surface area contributed by atoms with Crippen molar-refractivity contribution in [1.29, 1.82) is 0 Å². The summed E-state index contributed by atoms with van der Waals surface area (Å²) in [6.07, 6.45) is -3.60. The molecule has 10 N–H and O–H groups in total. The van der Waals surface area contributed by atoms with Crippen LogP contribution in [-0.2, 0) is 20.5 Å². The highest BCUT2D eigenvalue weighted by Gasteiger charge is 2.44. The second kappa shape index (κ2) is 14.3. The normalized spacial score (nSPS) is 22.6. The van der Waals surface area contributed by atoms with Crippen molar-refractivity contribution in [2.75, 3.05) is 12.3 Å². The van der Waals surface area contributed by atoms with Gasteiger partial charge in [0.2, 0.25) is 10.0 Å². The minimum absolute atomic E-state index is 0.0537. The molecular weight excluding hydrogens is 723 g/mol. The van der Waals surface area contributed by atoms with E-state index in [1.165, 1.54) is 24.4 Å². The zero-order chi connectivity index (χ0) is 36.5. The summed E-state index contributed by atoms with van der Waals surface area (Å²) in [6.45, 7) is -0.453. The van der Waals surface area contributed by atoms with Crippen molar-refractivity contribution in [2.24, 2.45) is 5.14 Å². The molecule has 1 fully saturated rings. The molecule has 5 atom stereocenters. The van der Waals surface area contributed by atoms with E-state index in [1.54, 1.807) is 42.5 Å². The van der Waals surface area contributed by atoms with Crippen molar-refractivity contribution in [3.8, 4) is 6.08 Å². The number of aromatic hydroxyl groups is 1. The van der Waals surface area contributed by atoms with Crippen molar-refractivity contribution in [2.45, 2.75) is 35.2 Å². The standard InChI is InChI=1S/C14H11ClN2O4S.C9H13N3O5.C7H4ClNO2/c15-11-6-5-8(7-12(11)22(16,20)21)14(19)10-4-2-1-3-9(10)13(18)17-14;10-5-1-2-12(9(16)11-5)8-7(15)6(14)4(3-13)17-8;8-4-1-2-6-5(3-4)9-7(10)11-6/h1-7,19H,(H,17,18)(H2,16,20,21);1-2,4,6-8,13-15H,3H2,(H2,10,11,16);1-3H,(H,9,10)/t;4-,6-,7+,8-;/m.1./s1. The molecule has 7 rings (SSSR count). The molecule has 0 spiro atoms. The van der Waals surface area contributed by atoms with Crippen LogP contribution in [0.3, 0.4) is 0 Å². The number of carbonyl (C=O) groups is 1. The van der Waals surface area contributed by atoms with Gasteiger partial charge in [-0.25, -0.2) is 18.4 Å². The average molecular weight is 752 g/mol. The highest BCUT2D eigenvalue weighted by Crippen LogP contribution is 2.37. The van der Waals surface area contributed by atoms with Gasteiger partial charge in [-0.3, -0.25) is 9.36 Å². The summed E-state index contributed by atoms with van der Waals surface area (Å²) in [7, 11) is -4.06. The number of aliphatic hydroxyl groups is 4. The number of primary sulfonamides is 1. The first kappa shape index (κ1) is 36.6. The Hall–Kier alpha value is -4.63. The van der Waals surface area contributed by atoms with Gasteiger partial charge in [0.25, 0.3) is 5.91 Å². The molecule has 5 aromatic rings. The van der Waals surface area contributed by atoms with Gasteiger partial charge >= 0.3 is 11.8 Å². The smallest absolute Gasteiger partial charge is 0.392 e. The number of amides is 1. The number of aliphatic hydroxyl groups excluding tert-OH is 3. The van der Waals surface area contributed by atoms with Gasteiger partial charge in [0.15, 0.2) is 17.5 Å². The van der Waals surface area contributed by atoms with E-state index in [1.807, 2.05) is 0 Å². The third-order valence-corrected chi connectivity index (χ3v) is 9.12. The SMILES string of the molecule is NS(=O)(=O)c1cc(C2(O)NC(=O)c3ccccc32)ccc1Cl.Nc1ccn([C@@H]2O[C@H](CO)[C@@H](O)[C@@H]2O)c(=O)n1.Oc1nc2cc(Cl)ccc2o1. The fraction of sp³-hybridized carbons (Fsp3) is 0.200. The Balaban J connectivity index is 0.000000154. The first-order valence-electron chi connectivity index (χ1n) is 14.2. The average Bonchev–Trinajstić information content (AvgIpc) is 3.67. The molecule has 0 aliphatic carbocycles. The number of anilines is 1. The van der Waals surface area contributed by atoms with Gasteiger partial charge in [0.1, 0.15) is 34.5 Å². The molecule has 2 aromatic heterocycles. The second-order valence-electron chi connectivity index (χ2n) is 10.8. The predicted molar refractivity (Wildman–Crippen MR) is 176 cm³/mol. The number of nitrogens with two attached hydrogens (primary N) is 2. The molecule has 1 unspecified atom stereocenters. The van der Waals surface area contributed by atoms with Crippen LogP contribution in [0.25, 0.3) is 11.1 Å². The number of halogens is 2. The van der Waals surface area contributed by atoms with E-state index in [0.717, 1.165) is 10.6 Å². The molecule has 20 heteroatoms. The van der Waals surface area contributed by atoms with E-state index in [0.29, 0.717) is 27.2 Å². The Kier molecular flexibility index (Phi) is 10.5. The van der Waals surface area contributed by atoms with Gasteiger partial charge in [-0.2, -0.15) is 9.97 Å². The number of sulfonamides is 1. The number of nitrogens with one attached hydrogen (secondary N) is 1. The molecule has 1 amide bonds. The van der Waals surface area contributed by atoms with Crippen molar-refractivity contribution >= 4 is 56.0 Å². The van der Waals surface area contributed by atoms with E-state index in [9.17, 15) is 33.3 Å². The summed E-state index contributed by atoms with van der Waals surface area (Å²) in [5, 5.41) is 55.9. The number of benzene rings is 3. The first-order chi connectivity index (χ1) is 23.5. The maximum atomic E-state index is 12.0. The van der Waals surface area contributed by atoms with E-state index >= 15 is 0 Å². The van der Waals surface area contributed by atoms with Crippen molar-refractivity contribution < 1.29 is 47.9 Å². The lowest BCUT2D eigenvalue weighted by Crippen LogP contribution is -2.40. The van der Waals surface area contributed by atoms with Crippen molar-refractivity contribution in [3.05, 3.63) is 110 Å². The molecule has 0 saturated carbocycles. The number of rotatable bonds is 4. The minimum Gasteiger partial charge on any atom is -0.466 e. The third kappa shape index (κ3) is 7.43. The number of hydrogen-bond donors (Lipinski definition) is 8. The summed E-state index contributed by atoms with van der Waals surface area (Å²) in [6, 6.07) is 16.7. The molecule has 17 nitrogen and oxygen atoms in total. The van der Waals surface area contributed by atoms with Crippen LogP contribution >= 0.6 is 23.2 Å². The lowest BCUT2D eigenvalue weighted by Gasteiger charge is -2.25. The fourth-order valence-corrected chi connectivity index (χ4v) is 6.33. The number of ether oxygens (including phenoxy) is 1. The van der Waals surface area contributed by atoms with Crippen LogP contribution in [-0.4, -0.2) is 79.3 Å². The highest BCUT2D eigenvalue weighted by molar-refractivity contribution is 7.89. The summed E-state index contributed by atoms with van der Waals surface area (Å²) in [5.41, 5.74) is 4.70. The van der Waals surface area contributed by atoms with Crippen LogP contribution in [0.15, 0.2) is 87.0 Å². The van der Waals surface area contributed by atoms with E-state index in [-0.39, 0.29) is 27.4 Å². The maximum absolute atomic E-state index is 12.0. The molecule has 0 radical (unpaired) electrons. The molecule has 3 aromatic carbocycles. The topological polar surface area (TPSA) is 287 Å². The van der Waals surface area contributed by atoms with Crippen LogP contribution in [0.1, 0.15) is 27.7 Å². The lowest BCUT2D eigenvalue weighted by atomic mass is 9.94. The molecule has 264 valence electrons. The van der Waals surface area contributed by atoms with Crippen LogP contribution in [0.5, 0.6) is 6.08 Å².